The number of hydrogen-bond donors (Lipinski definition) is 0. The molecule has 0 spiro atoms. The van der Waals surface area contributed by atoms with E-state index in [4.69, 9.17) is 4.74 Å². The number of halogens is 3. The number of hydrogen-bond acceptors (Lipinski definition) is 3. The smallest absolute Gasteiger partial charge is 0.379 e. The van der Waals surface area contributed by atoms with Gasteiger partial charge in [0, 0.05) is 5.92 Å². The summed E-state index contributed by atoms with van der Waals surface area (Å²) in [6.07, 6.45) is -4.40. The van der Waals surface area contributed by atoms with Crippen molar-refractivity contribution in [1.29, 1.82) is 0 Å². The highest BCUT2D eigenvalue weighted by molar-refractivity contribution is 4.85. The quantitative estimate of drug-likeness (QED) is 0.518. The molecule has 70 valence electrons. The van der Waals surface area contributed by atoms with Crippen LogP contribution in [0.2, 0.25) is 0 Å². The molecule has 0 aromatic rings. The lowest BCUT2D eigenvalue weighted by Crippen LogP contribution is -2.42. The summed E-state index contributed by atoms with van der Waals surface area (Å²) in [5, 5.41) is 0.102. The zero-order valence-corrected chi connectivity index (χ0v) is 6.17. The van der Waals surface area contributed by atoms with Crippen LogP contribution in [0, 0.1) is 5.92 Å². The lowest BCUT2D eigenvalue weighted by atomic mass is 10.1. The van der Waals surface area contributed by atoms with Crippen molar-refractivity contribution in [3.05, 3.63) is 0 Å². The number of fused-ring (bicyclic) bond motifs is 1. The predicted molar refractivity (Wildman–Crippen MR) is 31.9 cm³/mol. The Morgan fingerprint density at radius 2 is 1.92 bits per heavy atom. The van der Waals surface area contributed by atoms with Crippen LogP contribution in [0.5, 0.6) is 0 Å². The average Bonchev–Trinajstić information content (AvgIpc) is 2.37. The number of hydroxylamine groups is 2. The topological polar surface area (TPSA) is 21.7 Å². The van der Waals surface area contributed by atoms with Gasteiger partial charge >= 0.3 is 6.30 Å². The van der Waals surface area contributed by atoms with Crippen LogP contribution < -0.4 is 0 Å². The van der Waals surface area contributed by atoms with Crippen LogP contribution in [-0.2, 0) is 9.57 Å². The van der Waals surface area contributed by atoms with Gasteiger partial charge in [0.25, 0.3) is 0 Å². The van der Waals surface area contributed by atoms with E-state index in [0.717, 1.165) is 0 Å². The van der Waals surface area contributed by atoms with Crippen molar-refractivity contribution < 1.29 is 22.7 Å². The van der Waals surface area contributed by atoms with Crippen molar-refractivity contribution in [3.63, 3.8) is 0 Å². The third-order valence-electron chi connectivity index (χ3n) is 2.14. The summed E-state index contributed by atoms with van der Waals surface area (Å²) in [7, 11) is 0. The summed E-state index contributed by atoms with van der Waals surface area (Å²) >= 11 is 0. The molecule has 0 N–H and O–H groups in total. The van der Waals surface area contributed by atoms with E-state index in [-0.39, 0.29) is 24.2 Å². The van der Waals surface area contributed by atoms with Gasteiger partial charge in [-0.1, -0.05) is 5.06 Å². The molecular weight excluding hydrogens is 175 g/mol. The van der Waals surface area contributed by atoms with Gasteiger partial charge in [-0.2, -0.15) is 13.2 Å². The van der Waals surface area contributed by atoms with Crippen LogP contribution in [-0.4, -0.2) is 37.2 Å². The second kappa shape index (κ2) is 2.58. The fourth-order valence-corrected chi connectivity index (χ4v) is 1.54. The minimum Gasteiger partial charge on any atom is -0.379 e. The molecule has 0 amide bonds. The van der Waals surface area contributed by atoms with Crippen LogP contribution in [0.15, 0.2) is 0 Å². The van der Waals surface area contributed by atoms with Crippen molar-refractivity contribution in [2.45, 2.75) is 12.3 Å². The van der Waals surface area contributed by atoms with Crippen LogP contribution in [0.3, 0.4) is 0 Å². The van der Waals surface area contributed by atoms with E-state index in [2.05, 4.69) is 4.84 Å². The first-order valence-corrected chi connectivity index (χ1v) is 3.66. The van der Waals surface area contributed by atoms with Crippen molar-refractivity contribution in [2.24, 2.45) is 5.92 Å². The van der Waals surface area contributed by atoms with E-state index < -0.39 is 12.3 Å². The van der Waals surface area contributed by atoms with Gasteiger partial charge < -0.3 is 4.74 Å². The maximum absolute atomic E-state index is 12.1. The zero-order valence-electron chi connectivity index (χ0n) is 6.17. The lowest BCUT2D eigenvalue weighted by molar-refractivity contribution is -0.365. The number of ether oxygens (including phenoxy) is 1. The third-order valence-corrected chi connectivity index (χ3v) is 2.14. The van der Waals surface area contributed by atoms with Gasteiger partial charge in [0.15, 0.2) is 0 Å². The first kappa shape index (κ1) is 8.28. The summed E-state index contributed by atoms with van der Waals surface area (Å²) in [6, 6.07) is -0.634. The average molecular weight is 183 g/mol. The molecular formula is C6H8F3NO2. The Bertz CT molecular complexity index is 184. The minimum atomic E-state index is -4.40. The van der Waals surface area contributed by atoms with Crippen molar-refractivity contribution in [1.82, 2.24) is 5.06 Å². The SMILES string of the molecule is FC(F)(F)N1OCC2COCC21. The van der Waals surface area contributed by atoms with Crippen molar-refractivity contribution >= 4 is 0 Å². The van der Waals surface area contributed by atoms with Gasteiger partial charge in [0.2, 0.25) is 0 Å². The fourth-order valence-electron chi connectivity index (χ4n) is 1.54. The summed E-state index contributed by atoms with van der Waals surface area (Å²) in [5.74, 6) is -0.119. The minimum absolute atomic E-state index is 0.102. The summed E-state index contributed by atoms with van der Waals surface area (Å²) in [5.41, 5.74) is 0. The van der Waals surface area contributed by atoms with Gasteiger partial charge in [-0.15, -0.1) is 0 Å². The van der Waals surface area contributed by atoms with Crippen molar-refractivity contribution in [2.75, 3.05) is 19.8 Å². The molecule has 0 aromatic carbocycles. The van der Waals surface area contributed by atoms with Crippen LogP contribution >= 0.6 is 0 Å². The summed E-state index contributed by atoms with van der Waals surface area (Å²) in [4.78, 5) is 4.51. The molecule has 0 bridgehead atoms. The largest absolute Gasteiger partial charge is 0.483 e. The van der Waals surface area contributed by atoms with Crippen LogP contribution in [0.4, 0.5) is 13.2 Å². The molecule has 2 saturated heterocycles. The monoisotopic (exact) mass is 183 g/mol. The van der Waals surface area contributed by atoms with E-state index in [0.29, 0.717) is 6.61 Å². The molecule has 2 atom stereocenters. The molecule has 2 rings (SSSR count). The van der Waals surface area contributed by atoms with E-state index in [1.165, 1.54) is 0 Å². The summed E-state index contributed by atoms with van der Waals surface area (Å²) < 4.78 is 41.3. The highest BCUT2D eigenvalue weighted by Gasteiger charge is 2.52. The van der Waals surface area contributed by atoms with Gasteiger partial charge in [-0.25, -0.2) is 0 Å². The van der Waals surface area contributed by atoms with Gasteiger partial charge in [0.1, 0.15) is 0 Å². The van der Waals surface area contributed by atoms with Crippen LogP contribution in [0.25, 0.3) is 0 Å². The number of rotatable bonds is 0. The van der Waals surface area contributed by atoms with E-state index in [1.54, 1.807) is 0 Å². The molecule has 2 heterocycles. The van der Waals surface area contributed by atoms with E-state index in [9.17, 15) is 13.2 Å². The lowest BCUT2D eigenvalue weighted by Gasteiger charge is -2.22. The van der Waals surface area contributed by atoms with E-state index in [1.807, 2.05) is 0 Å². The second-order valence-electron chi connectivity index (χ2n) is 2.95. The van der Waals surface area contributed by atoms with Gasteiger partial charge in [0.05, 0.1) is 25.9 Å². The fraction of sp³-hybridized carbons (Fsp3) is 1.00. The normalized spacial score (nSPS) is 37.2. The standard InChI is InChI=1S/C6H8F3NO2/c7-6(8,9)10-5-3-11-1-4(5)2-12-10/h4-5H,1-3H2. The Morgan fingerprint density at radius 1 is 1.17 bits per heavy atom. The molecule has 2 unspecified atom stereocenters. The maximum Gasteiger partial charge on any atom is 0.483 e. The first-order chi connectivity index (χ1) is 5.59. The number of nitrogens with zero attached hydrogens (tertiary/aromatic N) is 1. The highest BCUT2D eigenvalue weighted by Crippen LogP contribution is 2.35. The first-order valence-electron chi connectivity index (χ1n) is 3.66. The van der Waals surface area contributed by atoms with Gasteiger partial charge in [-0.3, -0.25) is 4.84 Å². The molecule has 2 fully saturated rings. The Balaban J connectivity index is 2.09. The van der Waals surface area contributed by atoms with Gasteiger partial charge in [-0.05, 0) is 0 Å². The molecule has 0 saturated carbocycles. The Kier molecular flexibility index (Phi) is 1.78. The molecule has 0 aliphatic carbocycles. The second-order valence-corrected chi connectivity index (χ2v) is 2.95. The number of alkyl halides is 3. The molecule has 2 aliphatic rings. The molecule has 2 aliphatic heterocycles. The predicted octanol–water partition coefficient (Wildman–Crippen LogP) is 0.768. The summed E-state index contributed by atoms with van der Waals surface area (Å²) in [6.45, 7) is 0.603. The molecule has 0 aromatic heterocycles. The Morgan fingerprint density at radius 3 is 2.58 bits per heavy atom. The maximum atomic E-state index is 12.1. The highest BCUT2D eigenvalue weighted by atomic mass is 19.4. The van der Waals surface area contributed by atoms with Crippen LogP contribution in [0.1, 0.15) is 0 Å². The Hall–Kier alpha value is -0.330. The molecule has 12 heavy (non-hydrogen) atoms. The van der Waals surface area contributed by atoms with Crippen molar-refractivity contribution in [3.8, 4) is 0 Å². The Labute approximate surface area is 67.0 Å². The zero-order chi connectivity index (χ0) is 8.77. The van der Waals surface area contributed by atoms with E-state index >= 15 is 0 Å². The molecule has 6 heteroatoms. The third kappa shape index (κ3) is 1.19. The molecule has 3 nitrogen and oxygen atoms in total. The molecule has 0 radical (unpaired) electrons.